The molecule has 1 saturated carbocycles. The number of fused-ring (bicyclic) bond motifs is 1. The van der Waals surface area contributed by atoms with Crippen LogP contribution in [-0.2, 0) is 14.6 Å². The van der Waals surface area contributed by atoms with E-state index in [4.69, 9.17) is 0 Å². The van der Waals surface area contributed by atoms with Crippen LogP contribution in [0.1, 0.15) is 30.7 Å². The molecular weight excluding hydrogens is 453 g/mol. The van der Waals surface area contributed by atoms with Gasteiger partial charge in [-0.1, -0.05) is 0 Å². The first-order chi connectivity index (χ1) is 15.7. The van der Waals surface area contributed by atoms with E-state index in [9.17, 15) is 26.4 Å². The molecule has 0 radical (unpaired) electrons. The van der Waals surface area contributed by atoms with Crippen molar-refractivity contribution in [2.75, 3.05) is 18.1 Å². The Bertz CT molecular complexity index is 1320. The lowest BCUT2D eigenvalue weighted by Gasteiger charge is -2.36. The molecule has 1 aliphatic carbocycles. The Morgan fingerprint density at radius 1 is 1.00 bits per heavy atom. The van der Waals surface area contributed by atoms with Crippen molar-refractivity contribution >= 4 is 26.6 Å². The fourth-order valence-electron chi connectivity index (χ4n) is 5.03. The van der Waals surface area contributed by atoms with Gasteiger partial charge in [0.05, 0.1) is 22.7 Å². The molecule has 0 spiro atoms. The average molecular weight is 477 g/mol. The molecule has 2 aliphatic rings. The van der Waals surface area contributed by atoms with Crippen LogP contribution in [0.2, 0.25) is 0 Å². The maximum Gasteiger partial charge on any atom is 0.220 e. The van der Waals surface area contributed by atoms with Gasteiger partial charge in [0.25, 0.3) is 0 Å². The predicted octanol–water partition coefficient (Wildman–Crippen LogP) is 4.30. The normalized spacial score (nSPS) is 22.0. The largest absolute Gasteiger partial charge is 0.356 e. The number of carbonyl (C=O) groups is 1. The van der Waals surface area contributed by atoms with E-state index in [0.29, 0.717) is 23.2 Å². The average Bonchev–Trinajstić information content (AvgIpc) is 3.05. The summed E-state index contributed by atoms with van der Waals surface area (Å²) in [5.41, 5.74) is 2.36. The van der Waals surface area contributed by atoms with Crippen LogP contribution >= 0.6 is 0 Å². The molecule has 5 rings (SSSR count). The van der Waals surface area contributed by atoms with Gasteiger partial charge in [0.2, 0.25) is 5.91 Å². The Kier molecular flexibility index (Phi) is 5.47. The first kappa shape index (κ1) is 22.0. The predicted molar refractivity (Wildman–Crippen MR) is 119 cm³/mol. The topological polar surface area (TPSA) is 79.0 Å². The van der Waals surface area contributed by atoms with E-state index in [1.807, 2.05) is 0 Å². The van der Waals surface area contributed by atoms with E-state index in [1.165, 1.54) is 18.2 Å². The molecule has 5 nitrogen and oxygen atoms in total. The lowest BCUT2D eigenvalue weighted by Crippen LogP contribution is -2.41. The van der Waals surface area contributed by atoms with E-state index in [2.05, 4.69) is 10.3 Å². The highest BCUT2D eigenvalue weighted by atomic mass is 32.2. The third-order valence-corrected chi connectivity index (χ3v) is 8.64. The van der Waals surface area contributed by atoms with E-state index < -0.39 is 21.5 Å². The third-order valence-electron chi connectivity index (χ3n) is 6.68. The van der Waals surface area contributed by atoms with Gasteiger partial charge in [-0.15, -0.1) is 0 Å². The second-order valence-electron chi connectivity index (χ2n) is 9.22. The molecule has 0 bridgehead atoms. The first-order valence-corrected chi connectivity index (χ1v) is 12.7. The molecule has 1 aliphatic heterocycles. The van der Waals surface area contributed by atoms with Crippen molar-refractivity contribution in [3.63, 3.8) is 0 Å². The van der Waals surface area contributed by atoms with Gasteiger partial charge >= 0.3 is 0 Å². The lowest BCUT2D eigenvalue weighted by molar-refractivity contribution is -0.122. The van der Waals surface area contributed by atoms with Crippen molar-refractivity contribution in [3.05, 3.63) is 59.4 Å². The molecule has 2 fully saturated rings. The highest BCUT2D eigenvalue weighted by molar-refractivity contribution is 7.92. The summed E-state index contributed by atoms with van der Waals surface area (Å²) in [5, 5.41) is 3.36. The fraction of sp³-hybridized carbons (Fsp3) is 0.375. The summed E-state index contributed by atoms with van der Waals surface area (Å²) >= 11 is 0. The molecule has 174 valence electrons. The molecule has 3 aromatic rings. The van der Waals surface area contributed by atoms with Crippen LogP contribution < -0.4 is 5.32 Å². The second kappa shape index (κ2) is 8.20. The summed E-state index contributed by atoms with van der Waals surface area (Å²) in [5.74, 6) is -1.56. The number of H-pyrrole nitrogens is 1. The second-order valence-corrected chi connectivity index (χ2v) is 11.4. The molecule has 1 saturated heterocycles. The third kappa shape index (κ3) is 4.38. The molecular formula is C24H23F3N2O3S. The van der Waals surface area contributed by atoms with Gasteiger partial charge in [-0.2, -0.15) is 0 Å². The van der Waals surface area contributed by atoms with Gasteiger partial charge in [-0.05, 0) is 72.1 Å². The smallest absolute Gasteiger partial charge is 0.220 e. The zero-order valence-electron chi connectivity index (χ0n) is 17.7. The minimum atomic E-state index is -2.94. The number of amides is 1. The number of benzene rings is 2. The van der Waals surface area contributed by atoms with Crippen LogP contribution in [0.4, 0.5) is 13.2 Å². The van der Waals surface area contributed by atoms with Crippen molar-refractivity contribution in [1.29, 1.82) is 0 Å². The zero-order valence-corrected chi connectivity index (χ0v) is 18.5. The maximum atomic E-state index is 14.5. The van der Waals surface area contributed by atoms with Crippen molar-refractivity contribution in [2.45, 2.75) is 25.2 Å². The SMILES string of the molecule is O=C(CC1CS(=O)(=O)C1)NC[C@H]1C[C@@H](c2c(-c3ccc(F)cc3)[nH]c3c(F)cc(F)cc32)C1. The van der Waals surface area contributed by atoms with Gasteiger partial charge in [0, 0.05) is 24.4 Å². The number of hydrogen-bond donors (Lipinski definition) is 2. The summed E-state index contributed by atoms with van der Waals surface area (Å²) in [6.07, 6.45) is 1.68. The molecule has 33 heavy (non-hydrogen) atoms. The summed E-state index contributed by atoms with van der Waals surface area (Å²) in [7, 11) is -2.94. The van der Waals surface area contributed by atoms with Crippen molar-refractivity contribution < 1.29 is 26.4 Å². The van der Waals surface area contributed by atoms with Crippen molar-refractivity contribution in [3.8, 4) is 11.3 Å². The Hall–Kier alpha value is -2.81. The quantitative estimate of drug-likeness (QED) is 0.557. The molecule has 9 heteroatoms. The van der Waals surface area contributed by atoms with Crippen LogP contribution in [0.5, 0.6) is 0 Å². The summed E-state index contributed by atoms with van der Waals surface area (Å²) in [4.78, 5) is 15.2. The summed E-state index contributed by atoms with van der Waals surface area (Å²) in [6, 6.07) is 8.02. The standard InChI is InChI=1S/C24H23F3N2O3S/c25-17-3-1-15(2-4-17)23-22(19-8-18(26)9-20(27)24(19)29-23)16-5-13(6-16)10-28-21(30)7-14-11-33(31,32)12-14/h1-4,8-9,13-14,16,29H,5-7,10-12H2,(H,28,30)/t13-,16+. The minimum Gasteiger partial charge on any atom is -0.356 e. The van der Waals surface area contributed by atoms with Crippen molar-refractivity contribution in [2.24, 2.45) is 11.8 Å². The number of hydrogen-bond acceptors (Lipinski definition) is 3. The number of halogens is 3. The van der Waals surface area contributed by atoms with Crippen LogP contribution in [0.25, 0.3) is 22.2 Å². The van der Waals surface area contributed by atoms with Crippen LogP contribution in [-0.4, -0.2) is 37.4 Å². The van der Waals surface area contributed by atoms with Crippen molar-refractivity contribution in [1.82, 2.24) is 10.3 Å². The van der Waals surface area contributed by atoms with E-state index >= 15 is 0 Å². The van der Waals surface area contributed by atoms with Crippen LogP contribution in [0, 0.1) is 29.3 Å². The first-order valence-electron chi connectivity index (χ1n) is 10.9. The van der Waals surface area contributed by atoms with Gasteiger partial charge in [0.1, 0.15) is 17.5 Å². The molecule has 2 aromatic carbocycles. The van der Waals surface area contributed by atoms with Gasteiger partial charge in [-0.3, -0.25) is 4.79 Å². The molecule has 2 heterocycles. The summed E-state index contributed by atoms with van der Waals surface area (Å²) in [6.45, 7) is 0.478. The highest BCUT2D eigenvalue weighted by Gasteiger charge is 2.36. The van der Waals surface area contributed by atoms with E-state index in [0.717, 1.165) is 24.5 Å². The van der Waals surface area contributed by atoms with E-state index in [-0.39, 0.29) is 52.9 Å². The zero-order chi connectivity index (χ0) is 23.3. The van der Waals surface area contributed by atoms with Crippen LogP contribution in [0.3, 0.4) is 0 Å². The number of sulfone groups is 1. The van der Waals surface area contributed by atoms with Gasteiger partial charge in [-0.25, -0.2) is 21.6 Å². The van der Waals surface area contributed by atoms with Gasteiger partial charge in [0.15, 0.2) is 9.84 Å². The number of aromatic nitrogens is 1. The highest BCUT2D eigenvalue weighted by Crippen LogP contribution is 2.48. The maximum absolute atomic E-state index is 14.5. The minimum absolute atomic E-state index is 0.0404. The molecule has 2 N–H and O–H groups in total. The summed E-state index contributed by atoms with van der Waals surface area (Å²) < 4.78 is 64.4. The molecule has 0 atom stereocenters. The lowest BCUT2D eigenvalue weighted by atomic mass is 9.70. The Morgan fingerprint density at radius 3 is 2.36 bits per heavy atom. The fourth-order valence-corrected chi connectivity index (χ4v) is 6.60. The van der Waals surface area contributed by atoms with E-state index in [1.54, 1.807) is 12.1 Å². The number of nitrogens with one attached hydrogen (secondary N) is 2. The van der Waals surface area contributed by atoms with Crippen LogP contribution in [0.15, 0.2) is 36.4 Å². The van der Waals surface area contributed by atoms with Gasteiger partial charge < -0.3 is 10.3 Å². The molecule has 1 aromatic heterocycles. The number of aromatic amines is 1. The number of rotatable bonds is 6. The Balaban J connectivity index is 1.30. The number of carbonyl (C=O) groups excluding carboxylic acids is 1. The Labute approximate surface area is 189 Å². The Morgan fingerprint density at radius 2 is 1.70 bits per heavy atom. The molecule has 1 amide bonds. The molecule has 0 unspecified atom stereocenters. The monoisotopic (exact) mass is 476 g/mol.